The summed E-state index contributed by atoms with van der Waals surface area (Å²) in [5.74, 6) is 1.96. The Balaban J connectivity index is 1.92. The summed E-state index contributed by atoms with van der Waals surface area (Å²) in [5.41, 5.74) is 0.121. The molecule has 1 N–H and O–H groups in total. The lowest BCUT2D eigenvalue weighted by molar-refractivity contribution is -0.277. The first-order chi connectivity index (χ1) is 6.61. The van der Waals surface area contributed by atoms with Crippen molar-refractivity contribution in [3.8, 4) is 0 Å². The molecule has 0 aromatic carbocycles. The average Bonchev–Trinajstić information content (AvgIpc) is 2.12. The van der Waals surface area contributed by atoms with Crippen molar-refractivity contribution in [2.24, 2.45) is 17.8 Å². The van der Waals surface area contributed by atoms with Gasteiger partial charge in [0.25, 0.3) is 0 Å². The molecule has 80 valence electrons. The predicted octanol–water partition coefficient (Wildman–Crippen LogP) is 1.96. The molecule has 2 saturated heterocycles. The Morgan fingerprint density at radius 3 is 2.71 bits per heavy atom. The Hall–Kier alpha value is -0.0800. The molecular formula is C12H20O2. The van der Waals surface area contributed by atoms with Crippen molar-refractivity contribution >= 4 is 0 Å². The third kappa shape index (κ3) is 1.04. The van der Waals surface area contributed by atoms with Crippen LogP contribution in [0.25, 0.3) is 0 Å². The standard InChI is InChI=1S/C12H20O2/c1-7(2)12-5-8-3-9(6-12)11(13)10(4-8)14-12/h7-11,13H,3-6H2,1-2H3/t8?,9?,10?,11-,12?/m1/s1. The number of ether oxygens (including phenoxy) is 1. The topological polar surface area (TPSA) is 29.5 Å². The van der Waals surface area contributed by atoms with Gasteiger partial charge in [-0.15, -0.1) is 0 Å². The molecule has 4 aliphatic rings. The molecule has 2 aliphatic carbocycles. The molecule has 4 bridgehead atoms. The van der Waals surface area contributed by atoms with Gasteiger partial charge in [-0.1, -0.05) is 13.8 Å². The molecule has 0 aromatic heterocycles. The Kier molecular flexibility index (Phi) is 1.79. The van der Waals surface area contributed by atoms with E-state index in [4.69, 9.17) is 4.74 Å². The van der Waals surface area contributed by atoms with Gasteiger partial charge in [0, 0.05) is 0 Å². The van der Waals surface area contributed by atoms with Crippen molar-refractivity contribution < 1.29 is 9.84 Å². The molecule has 2 aliphatic heterocycles. The van der Waals surface area contributed by atoms with Gasteiger partial charge in [0.2, 0.25) is 0 Å². The minimum atomic E-state index is -0.168. The fourth-order valence-corrected chi connectivity index (χ4v) is 3.94. The summed E-state index contributed by atoms with van der Waals surface area (Å²) in [6.45, 7) is 4.53. The predicted molar refractivity (Wildman–Crippen MR) is 53.9 cm³/mol. The largest absolute Gasteiger partial charge is 0.390 e. The Labute approximate surface area is 85.6 Å². The zero-order valence-electron chi connectivity index (χ0n) is 9.07. The normalized spacial score (nSPS) is 55.7. The number of aliphatic hydroxyl groups excluding tert-OH is 1. The molecule has 2 heterocycles. The van der Waals surface area contributed by atoms with Crippen LogP contribution in [0.4, 0.5) is 0 Å². The van der Waals surface area contributed by atoms with E-state index in [9.17, 15) is 5.11 Å². The Morgan fingerprint density at radius 1 is 1.29 bits per heavy atom. The van der Waals surface area contributed by atoms with E-state index in [0.29, 0.717) is 11.8 Å². The molecule has 5 atom stereocenters. The lowest BCUT2D eigenvalue weighted by Gasteiger charge is -2.60. The zero-order chi connectivity index (χ0) is 9.92. The van der Waals surface area contributed by atoms with Crippen molar-refractivity contribution in [2.75, 3.05) is 0 Å². The van der Waals surface area contributed by atoms with Crippen molar-refractivity contribution in [2.45, 2.75) is 57.3 Å². The molecule has 0 amide bonds. The lowest BCUT2D eigenvalue weighted by atomic mass is 9.58. The third-order valence-corrected chi connectivity index (χ3v) is 4.75. The number of aliphatic hydroxyl groups is 1. The highest BCUT2D eigenvalue weighted by Gasteiger charge is 2.57. The summed E-state index contributed by atoms with van der Waals surface area (Å²) in [4.78, 5) is 0. The minimum absolute atomic E-state index is 0.121. The second-order valence-corrected chi connectivity index (χ2v) is 5.87. The van der Waals surface area contributed by atoms with Gasteiger partial charge in [0.05, 0.1) is 17.8 Å². The van der Waals surface area contributed by atoms with Gasteiger partial charge in [-0.2, -0.15) is 0 Å². The molecular weight excluding hydrogens is 176 g/mol. The van der Waals surface area contributed by atoms with Crippen LogP contribution in [0.3, 0.4) is 0 Å². The van der Waals surface area contributed by atoms with Gasteiger partial charge < -0.3 is 9.84 Å². The maximum absolute atomic E-state index is 10.00. The summed E-state index contributed by atoms with van der Waals surface area (Å²) in [5, 5.41) is 10.00. The first-order valence-corrected chi connectivity index (χ1v) is 5.96. The van der Waals surface area contributed by atoms with E-state index in [2.05, 4.69) is 13.8 Å². The summed E-state index contributed by atoms with van der Waals surface area (Å²) < 4.78 is 6.13. The highest BCUT2D eigenvalue weighted by atomic mass is 16.5. The molecule has 14 heavy (non-hydrogen) atoms. The van der Waals surface area contributed by atoms with Gasteiger partial charge in [-0.05, 0) is 43.4 Å². The van der Waals surface area contributed by atoms with Crippen LogP contribution in [0.5, 0.6) is 0 Å². The van der Waals surface area contributed by atoms with Gasteiger partial charge in [-0.25, -0.2) is 0 Å². The lowest BCUT2D eigenvalue weighted by Crippen LogP contribution is -2.63. The molecule has 0 radical (unpaired) electrons. The quantitative estimate of drug-likeness (QED) is 0.694. The first-order valence-electron chi connectivity index (χ1n) is 5.96. The zero-order valence-corrected chi connectivity index (χ0v) is 9.07. The van der Waals surface area contributed by atoms with E-state index in [0.717, 1.165) is 18.8 Å². The van der Waals surface area contributed by atoms with Crippen molar-refractivity contribution in [1.29, 1.82) is 0 Å². The summed E-state index contributed by atoms with van der Waals surface area (Å²) >= 11 is 0. The van der Waals surface area contributed by atoms with Crippen LogP contribution in [0.2, 0.25) is 0 Å². The summed E-state index contributed by atoms with van der Waals surface area (Å²) in [6.07, 6.45) is 4.67. The van der Waals surface area contributed by atoms with Crippen LogP contribution in [-0.4, -0.2) is 22.9 Å². The van der Waals surface area contributed by atoms with Crippen LogP contribution < -0.4 is 0 Å². The van der Waals surface area contributed by atoms with Gasteiger partial charge in [0.15, 0.2) is 0 Å². The summed E-state index contributed by atoms with van der Waals surface area (Å²) in [6, 6.07) is 0. The van der Waals surface area contributed by atoms with Crippen molar-refractivity contribution in [3.63, 3.8) is 0 Å². The fourth-order valence-electron chi connectivity index (χ4n) is 3.94. The Bertz CT molecular complexity index is 233. The fraction of sp³-hybridized carbons (Fsp3) is 1.00. The van der Waals surface area contributed by atoms with E-state index >= 15 is 0 Å². The van der Waals surface area contributed by atoms with E-state index in [1.165, 1.54) is 12.8 Å². The van der Waals surface area contributed by atoms with Crippen LogP contribution >= 0.6 is 0 Å². The van der Waals surface area contributed by atoms with Crippen molar-refractivity contribution in [1.82, 2.24) is 0 Å². The van der Waals surface area contributed by atoms with Crippen LogP contribution in [-0.2, 0) is 4.74 Å². The maximum atomic E-state index is 10.00. The third-order valence-electron chi connectivity index (χ3n) is 4.75. The van der Waals surface area contributed by atoms with Crippen LogP contribution in [0.1, 0.15) is 39.5 Å². The Morgan fingerprint density at radius 2 is 2.07 bits per heavy atom. The smallest absolute Gasteiger partial charge is 0.0847 e. The number of hydrogen-bond donors (Lipinski definition) is 1. The highest BCUT2D eigenvalue weighted by Crippen LogP contribution is 2.55. The SMILES string of the molecule is CC(C)C12CC3CC(C1)[C@@H](O)C(C3)O2. The van der Waals surface area contributed by atoms with E-state index in [-0.39, 0.29) is 17.8 Å². The van der Waals surface area contributed by atoms with E-state index in [1.807, 2.05) is 0 Å². The number of rotatable bonds is 1. The highest BCUT2D eigenvalue weighted by molar-refractivity contribution is 5.06. The van der Waals surface area contributed by atoms with Gasteiger partial charge >= 0.3 is 0 Å². The molecule has 2 heteroatoms. The second-order valence-electron chi connectivity index (χ2n) is 5.87. The molecule has 0 spiro atoms. The molecule has 2 nitrogen and oxygen atoms in total. The summed E-state index contributed by atoms with van der Waals surface area (Å²) in [7, 11) is 0. The van der Waals surface area contributed by atoms with Crippen LogP contribution in [0.15, 0.2) is 0 Å². The molecule has 4 fully saturated rings. The second kappa shape index (κ2) is 2.73. The molecule has 2 saturated carbocycles. The molecule has 0 aromatic rings. The monoisotopic (exact) mass is 196 g/mol. The minimum Gasteiger partial charge on any atom is -0.390 e. The maximum Gasteiger partial charge on any atom is 0.0847 e. The molecule has 4 unspecified atom stereocenters. The van der Waals surface area contributed by atoms with E-state index in [1.54, 1.807) is 0 Å². The first kappa shape index (κ1) is 9.17. The van der Waals surface area contributed by atoms with E-state index < -0.39 is 0 Å². The van der Waals surface area contributed by atoms with Gasteiger partial charge in [-0.3, -0.25) is 0 Å². The van der Waals surface area contributed by atoms with Crippen molar-refractivity contribution in [3.05, 3.63) is 0 Å². The molecule has 4 rings (SSSR count). The average molecular weight is 196 g/mol. The van der Waals surface area contributed by atoms with Crippen LogP contribution in [0, 0.1) is 17.8 Å². The number of hydrogen-bond acceptors (Lipinski definition) is 2. The van der Waals surface area contributed by atoms with Gasteiger partial charge in [0.1, 0.15) is 0 Å².